The molecule has 1 aliphatic rings. The minimum Gasteiger partial charge on any atom is -0.369 e. The van der Waals surface area contributed by atoms with Crippen LogP contribution in [-0.2, 0) is 0 Å². The number of hydrogen-bond acceptors (Lipinski definition) is 2. The van der Waals surface area contributed by atoms with Gasteiger partial charge in [0, 0.05) is 36.3 Å². The van der Waals surface area contributed by atoms with Gasteiger partial charge in [0.05, 0.1) is 0 Å². The minimum absolute atomic E-state index is 1.14. The van der Waals surface area contributed by atoms with Gasteiger partial charge >= 0.3 is 0 Å². The molecule has 1 saturated heterocycles. The molecule has 1 aromatic rings. The van der Waals surface area contributed by atoms with Crippen molar-refractivity contribution in [1.29, 1.82) is 0 Å². The number of aryl methyl sites for hydroxylation is 2. The smallest absolute Gasteiger partial charge is 0.0373 e. The van der Waals surface area contributed by atoms with Crippen LogP contribution in [0.3, 0.4) is 0 Å². The van der Waals surface area contributed by atoms with Gasteiger partial charge in [-0.2, -0.15) is 0 Å². The lowest BCUT2D eigenvalue weighted by Gasteiger charge is -2.34. The Bertz CT molecular complexity index is 359. The maximum atomic E-state index is 3.62. The normalized spacial score (nSPS) is 17.9. The first kappa shape index (κ1) is 11.9. The SMILES string of the molecule is Cc1cc(N2CCN(C)CC2)cc(C)c1Br. The number of nitrogens with zero attached hydrogens (tertiary/aromatic N) is 2. The predicted octanol–water partition coefficient (Wildman–Crippen LogP) is 2.82. The molecule has 0 N–H and O–H groups in total. The van der Waals surface area contributed by atoms with Gasteiger partial charge < -0.3 is 9.80 Å². The van der Waals surface area contributed by atoms with E-state index in [1.165, 1.54) is 21.3 Å². The van der Waals surface area contributed by atoms with Crippen LogP contribution in [-0.4, -0.2) is 38.1 Å². The number of hydrogen-bond donors (Lipinski definition) is 0. The summed E-state index contributed by atoms with van der Waals surface area (Å²) < 4.78 is 1.24. The molecule has 0 atom stereocenters. The predicted molar refractivity (Wildman–Crippen MR) is 73.3 cm³/mol. The summed E-state index contributed by atoms with van der Waals surface area (Å²) in [6, 6.07) is 4.56. The Kier molecular flexibility index (Phi) is 3.55. The molecule has 16 heavy (non-hydrogen) atoms. The molecular formula is C13H19BrN2. The molecule has 1 heterocycles. The summed E-state index contributed by atoms with van der Waals surface area (Å²) in [5.74, 6) is 0. The maximum absolute atomic E-state index is 3.62. The van der Waals surface area contributed by atoms with E-state index in [1.54, 1.807) is 0 Å². The molecule has 0 amide bonds. The second-order valence-corrected chi connectivity index (χ2v) is 5.48. The number of halogens is 1. The Hall–Kier alpha value is -0.540. The van der Waals surface area contributed by atoms with Crippen molar-refractivity contribution in [3.05, 3.63) is 27.7 Å². The summed E-state index contributed by atoms with van der Waals surface area (Å²) >= 11 is 3.62. The molecule has 0 aromatic heterocycles. The highest BCUT2D eigenvalue weighted by Crippen LogP contribution is 2.27. The monoisotopic (exact) mass is 282 g/mol. The lowest BCUT2D eigenvalue weighted by Crippen LogP contribution is -2.44. The summed E-state index contributed by atoms with van der Waals surface area (Å²) in [4.78, 5) is 4.86. The zero-order valence-corrected chi connectivity index (χ0v) is 11.8. The lowest BCUT2D eigenvalue weighted by molar-refractivity contribution is 0.313. The van der Waals surface area contributed by atoms with Crippen LogP contribution in [0.1, 0.15) is 11.1 Å². The first-order chi connectivity index (χ1) is 7.58. The van der Waals surface area contributed by atoms with E-state index in [9.17, 15) is 0 Å². The van der Waals surface area contributed by atoms with Crippen molar-refractivity contribution in [2.45, 2.75) is 13.8 Å². The minimum atomic E-state index is 1.14. The highest BCUT2D eigenvalue weighted by atomic mass is 79.9. The van der Waals surface area contributed by atoms with Gasteiger partial charge in [-0.1, -0.05) is 15.9 Å². The molecule has 88 valence electrons. The number of anilines is 1. The number of likely N-dealkylation sites (N-methyl/N-ethyl adjacent to an activating group) is 1. The maximum Gasteiger partial charge on any atom is 0.0373 e. The van der Waals surface area contributed by atoms with E-state index in [4.69, 9.17) is 0 Å². The zero-order valence-electron chi connectivity index (χ0n) is 10.3. The van der Waals surface area contributed by atoms with E-state index in [0.29, 0.717) is 0 Å². The molecule has 1 aromatic carbocycles. The van der Waals surface area contributed by atoms with Crippen LogP contribution in [0.15, 0.2) is 16.6 Å². The summed E-state index contributed by atoms with van der Waals surface area (Å²) in [5, 5.41) is 0. The molecule has 2 rings (SSSR count). The van der Waals surface area contributed by atoms with Crippen molar-refractivity contribution >= 4 is 21.6 Å². The Morgan fingerprint density at radius 3 is 2.00 bits per heavy atom. The van der Waals surface area contributed by atoms with E-state index in [0.717, 1.165) is 26.2 Å². The second-order valence-electron chi connectivity index (χ2n) is 4.68. The van der Waals surface area contributed by atoms with Gasteiger partial charge in [0.1, 0.15) is 0 Å². The standard InChI is InChI=1S/C13H19BrN2/c1-10-8-12(9-11(2)13(10)14)16-6-4-15(3)5-7-16/h8-9H,4-7H2,1-3H3. The molecule has 0 unspecified atom stereocenters. The van der Waals surface area contributed by atoms with E-state index in [-0.39, 0.29) is 0 Å². The van der Waals surface area contributed by atoms with E-state index >= 15 is 0 Å². The van der Waals surface area contributed by atoms with Crippen molar-refractivity contribution in [1.82, 2.24) is 4.90 Å². The quantitative estimate of drug-likeness (QED) is 0.782. The van der Waals surface area contributed by atoms with Crippen LogP contribution < -0.4 is 4.90 Å². The summed E-state index contributed by atoms with van der Waals surface area (Å²) in [7, 11) is 2.19. The van der Waals surface area contributed by atoms with Crippen LogP contribution in [0.2, 0.25) is 0 Å². The molecular weight excluding hydrogens is 264 g/mol. The third kappa shape index (κ3) is 2.41. The highest BCUT2D eigenvalue weighted by Gasteiger charge is 2.15. The van der Waals surface area contributed by atoms with Gasteiger partial charge in [-0.15, -0.1) is 0 Å². The van der Waals surface area contributed by atoms with Gasteiger partial charge in [0.2, 0.25) is 0 Å². The van der Waals surface area contributed by atoms with Gasteiger partial charge in [0.25, 0.3) is 0 Å². The molecule has 3 heteroatoms. The van der Waals surface area contributed by atoms with E-state index in [1.807, 2.05) is 0 Å². The van der Waals surface area contributed by atoms with Crippen molar-refractivity contribution in [3.63, 3.8) is 0 Å². The van der Waals surface area contributed by atoms with Crippen LogP contribution >= 0.6 is 15.9 Å². The third-order valence-corrected chi connectivity index (χ3v) is 4.54. The second kappa shape index (κ2) is 4.76. The van der Waals surface area contributed by atoms with Crippen molar-refractivity contribution in [2.75, 3.05) is 38.1 Å². The van der Waals surface area contributed by atoms with E-state index < -0.39 is 0 Å². The lowest BCUT2D eigenvalue weighted by atomic mass is 10.1. The Morgan fingerprint density at radius 2 is 1.50 bits per heavy atom. The van der Waals surface area contributed by atoms with Gasteiger partial charge in [-0.25, -0.2) is 0 Å². The summed E-state index contributed by atoms with van der Waals surface area (Å²) in [5.41, 5.74) is 4.02. The fourth-order valence-electron chi connectivity index (χ4n) is 2.17. The van der Waals surface area contributed by atoms with Crippen molar-refractivity contribution in [2.24, 2.45) is 0 Å². The third-order valence-electron chi connectivity index (χ3n) is 3.29. The molecule has 0 saturated carbocycles. The number of benzene rings is 1. The molecule has 0 bridgehead atoms. The highest BCUT2D eigenvalue weighted by molar-refractivity contribution is 9.10. The molecule has 0 spiro atoms. The van der Waals surface area contributed by atoms with Gasteiger partial charge in [-0.05, 0) is 44.2 Å². The van der Waals surface area contributed by atoms with Gasteiger partial charge in [-0.3, -0.25) is 0 Å². The van der Waals surface area contributed by atoms with Crippen LogP contribution in [0.4, 0.5) is 5.69 Å². The van der Waals surface area contributed by atoms with Crippen LogP contribution in [0.5, 0.6) is 0 Å². The van der Waals surface area contributed by atoms with Gasteiger partial charge in [0.15, 0.2) is 0 Å². The molecule has 1 aliphatic heterocycles. The topological polar surface area (TPSA) is 6.48 Å². The van der Waals surface area contributed by atoms with E-state index in [2.05, 4.69) is 58.8 Å². The first-order valence-electron chi connectivity index (χ1n) is 5.78. The van der Waals surface area contributed by atoms with Crippen molar-refractivity contribution < 1.29 is 0 Å². The fourth-order valence-corrected chi connectivity index (χ4v) is 2.40. The molecule has 2 nitrogen and oxygen atoms in total. The Morgan fingerprint density at radius 1 is 1.00 bits per heavy atom. The summed E-state index contributed by atoms with van der Waals surface area (Å²) in [6.07, 6.45) is 0. The van der Waals surface area contributed by atoms with Crippen LogP contribution in [0, 0.1) is 13.8 Å². The number of piperazine rings is 1. The Balaban J connectivity index is 2.21. The number of rotatable bonds is 1. The van der Waals surface area contributed by atoms with Crippen molar-refractivity contribution in [3.8, 4) is 0 Å². The Labute approximate surface area is 106 Å². The fraction of sp³-hybridized carbons (Fsp3) is 0.538. The average Bonchev–Trinajstić information content (AvgIpc) is 2.26. The van der Waals surface area contributed by atoms with Crippen LogP contribution in [0.25, 0.3) is 0 Å². The molecule has 0 aliphatic carbocycles. The largest absolute Gasteiger partial charge is 0.369 e. The zero-order chi connectivity index (χ0) is 11.7. The molecule has 0 radical (unpaired) electrons. The first-order valence-corrected chi connectivity index (χ1v) is 6.57. The average molecular weight is 283 g/mol. The summed E-state index contributed by atoms with van der Waals surface area (Å²) in [6.45, 7) is 8.92. The molecule has 1 fully saturated rings.